The van der Waals surface area contributed by atoms with Gasteiger partial charge in [0, 0.05) is 34.4 Å². The van der Waals surface area contributed by atoms with E-state index in [0.717, 1.165) is 33.6 Å². The van der Waals surface area contributed by atoms with Gasteiger partial charge in [-0.05, 0) is 48.5 Å². The summed E-state index contributed by atoms with van der Waals surface area (Å²) in [7, 11) is 0. The highest BCUT2D eigenvalue weighted by atomic mass is 35.5. The number of nitrogens with zero attached hydrogens (tertiary/aromatic N) is 5. The van der Waals surface area contributed by atoms with Crippen LogP contribution in [0.4, 0.5) is 0 Å². The lowest BCUT2D eigenvalue weighted by molar-refractivity contribution is 0.885. The molecule has 29 heavy (non-hydrogen) atoms. The zero-order valence-electron chi connectivity index (χ0n) is 15.3. The minimum Gasteiger partial charge on any atom is -0.307 e. The monoisotopic (exact) mass is 417 g/mol. The summed E-state index contributed by atoms with van der Waals surface area (Å²) in [5.41, 5.74) is 3.91. The van der Waals surface area contributed by atoms with Crippen LogP contribution in [0.3, 0.4) is 0 Å². The van der Waals surface area contributed by atoms with Crippen molar-refractivity contribution in [2.75, 3.05) is 0 Å². The molecule has 3 heterocycles. The summed E-state index contributed by atoms with van der Waals surface area (Å²) >= 11 is 7.67. The molecule has 3 aromatic heterocycles. The summed E-state index contributed by atoms with van der Waals surface area (Å²) in [5.74, 6) is 1.48. The Balaban J connectivity index is 1.51. The molecule has 0 unspecified atom stereocenters. The fourth-order valence-electron chi connectivity index (χ4n) is 3.15. The number of benzene rings is 2. The summed E-state index contributed by atoms with van der Waals surface area (Å²) in [5, 5.41) is 10.5. The molecule has 5 rings (SSSR count). The zero-order chi connectivity index (χ0) is 19.6. The summed E-state index contributed by atoms with van der Waals surface area (Å²) in [6.07, 6.45) is 4.05. The van der Waals surface area contributed by atoms with E-state index in [1.807, 2.05) is 77.5 Å². The van der Waals surface area contributed by atoms with Gasteiger partial charge in [-0.3, -0.25) is 4.57 Å². The Hall–Kier alpha value is -3.09. The molecule has 0 saturated carbocycles. The number of hydrogen-bond donors (Lipinski definition) is 0. The van der Waals surface area contributed by atoms with Crippen LogP contribution >= 0.6 is 23.4 Å². The van der Waals surface area contributed by atoms with Crippen LogP contribution in [0.1, 0.15) is 5.69 Å². The first-order valence-corrected chi connectivity index (χ1v) is 10.5. The van der Waals surface area contributed by atoms with Gasteiger partial charge < -0.3 is 4.40 Å². The highest BCUT2D eigenvalue weighted by molar-refractivity contribution is 7.98. The second-order valence-corrected chi connectivity index (χ2v) is 7.85. The number of para-hydroxylation sites is 1. The largest absolute Gasteiger partial charge is 0.307 e. The number of imidazole rings is 1. The third-order valence-electron chi connectivity index (χ3n) is 4.51. The Morgan fingerprint density at radius 3 is 2.45 bits per heavy atom. The first-order chi connectivity index (χ1) is 14.3. The van der Waals surface area contributed by atoms with Gasteiger partial charge in [-0.15, -0.1) is 10.2 Å². The van der Waals surface area contributed by atoms with Gasteiger partial charge in [0.2, 0.25) is 0 Å². The molecular weight excluding hydrogens is 402 g/mol. The fourth-order valence-corrected chi connectivity index (χ4v) is 4.12. The molecule has 0 amide bonds. The fraction of sp³-hybridized carbons (Fsp3) is 0.0455. The Morgan fingerprint density at radius 1 is 0.862 bits per heavy atom. The van der Waals surface area contributed by atoms with E-state index in [-0.39, 0.29) is 0 Å². The van der Waals surface area contributed by atoms with Crippen LogP contribution in [0.5, 0.6) is 0 Å². The molecule has 0 aliphatic rings. The van der Waals surface area contributed by atoms with E-state index in [2.05, 4.69) is 31.9 Å². The van der Waals surface area contributed by atoms with E-state index in [1.54, 1.807) is 11.8 Å². The molecule has 0 saturated heterocycles. The number of thioether (sulfide) groups is 1. The van der Waals surface area contributed by atoms with Crippen molar-refractivity contribution in [2.24, 2.45) is 0 Å². The molecular formula is C22H16ClN5S. The molecule has 0 atom stereocenters. The lowest BCUT2D eigenvalue weighted by Gasteiger charge is -2.10. The molecule has 142 valence electrons. The molecule has 2 aromatic carbocycles. The minimum absolute atomic E-state index is 0.695. The predicted molar refractivity (Wildman–Crippen MR) is 117 cm³/mol. The maximum Gasteiger partial charge on any atom is 0.196 e. The summed E-state index contributed by atoms with van der Waals surface area (Å²) in [4.78, 5) is 4.67. The smallest absolute Gasteiger partial charge is 0.196 e. The van der Waals surface area contributed by atoms with Crippen molar-refractivity contribution in [1.82, 2.24) is 24.1 Å². The average molecular weight is 418 g/mol. The molecule has 0 aliphatic heterocycles. The van der Waals surface area contributed by atoms with Crippen molar-refractivity contribution in [3.8, 4) is 17.1 Å². The van der Waals surface area contributed by atoms with E-state index in [9.17, 15) is 0 Å². The number of aromatic nitrogens is 5. The number of fused-ring (bicyclic) bond motifs is 1. The number of pyridine rings is 1. The lowest BCUT2D eigenvalue weighted by Crippen LogP contribution is -1.99. The van der Waals surface area contributed by atoms with E-state index in [1.165, 1.54) is 0 Å². The molecule has 7 heteroatoms. The van der Waals surface area contributed by atoms with Gasteiger partial charge in [0.1, 0.15) is 5.65 Å². The van der Waals surface area contributed by atoms with Crippen LogP contribution in [0, 0.1) is 0 Å². The van der Waals surface area contributed by atoms with E-state index in [4.69, 9.17) is 11.6 Å². The van der Waals surface area contributed by atoms with Crippen molar-refractivity contribution >= 4 is 29.0 Å². The van der Waals surface area contributed by atoms with Crippen molar-refractivity contribution in [2.45, 2.75) is 10.9 Å². The molecule has 0 bridgehead atoms. The zero-order valence-corrected chi connectivity index (χ0v) is 16.9. The highest BCUT2D eigenvalue weighted by Gasteiger charge is 2.16. The molecule has 5 aromatic rings. The minimum atomic E-state index is 0.695. The van der Waals surface area contributed by atoms with Gasteiger partial charge in [0.15, 0.2) is 11.0 Å². The van der Waals surface area contributed by atoms with E-state index in [0.29, 0.717) is 10.8 Å². The normalized spacial score (nSPS) is 11.2. The second-order valence-electron chi connectivity index (χ2n) is 6.47. The summed E-state index contributed by atoms with van der Waals surface area (Å²) in [6, 6.07) is 23.8. The summed E-state index contributed by atoms with van der Waals surface area (Å²) < 4.78 is 4.10. The first-order valence-electron chi connectivity index (χ1n) is 9.10. The first kappa shape index (κ1) is 18.0. The number of halogens is 1. The van der Waals surface area contributed by atoms with Gasteiger partial charge in [-0.25, -0.2) is 4.98 Å². The van der Waals surface area contributed by atoms with Crippen LogP contribution in [0.2, 0.25) is 5.02 Å². The number of hydrogen-bond acceptors (Lipinski definition) is 4. The van der Waals surface area contributed by atoms with E-state index >= 15 is 0 Å². The van der Waals surface area contributed by atoms with Crippen LogP contribution in [0.15, 0.2) is 90.3 Å². The van der Waals surface area contributed by atoms with Crippen molar-refractivity contribution < 1.29 is 0 Å². The standard InChI is InChI=1S/C22H16ClN5S/c23-17-11-9-16(10-12-17)21-25-26-22(28(21)19-6-2-1-3-7-19)29-15-18-14-27-13-5-4-8-20(27)24-18/h1-14H,15H2. The third kappa shape index (κ3) is 3.64. The van der Waals surface area contributed by atoms with Gasteiger partial charge in [0.05, 0.1) is 5.69 Å². The van der Waals surface area contributed by atoms with Gasteiger partial charge in [-0.2, -0.15) is 0 Å². The van der Waals surface area contributed by atoms with Crippen LogP contribution < -0.4 is 0 Å². The maximum absolute atomic E-state index is 6.06. The predicted octanol–water partition coefficient (Wildman–Crippen LogP) is 5.53. The SMILES string of the molecule is Clc1ccc(-c2nnc(SCc3cn4ccccc4n3)n2-c2ccccc2)cc1. The van der Waals surface area contributed by atoms with Crippen LogP contribution in [0.25, 0.3) is 22.7 Å². The molecule has 0 N–H and O–H groups in total. The maximum atomic E-state index is 6.06. The molecule has 0 spiro atoms. The Morgan fingerprint density at radius 2 is 1.66 bits per heavy atom. The van der Waals surface area contributed by atoms with Crippen molar-refractivity contribution in [3.05, 3.63) is 95.9 Å². The van der Waals surface area contributed by atoms with Gasteiger partial charge in [-0.1, -0.05) is 47.6 Å². The third-order valence-corrected chi connectivity index (χ3v) is 5.73. The Bertz CT molecular complexity index is 1230. The second kappa shape index (κ2) is 7.73. The lowest BCUT2D eigenvalue weighted by atomic mass is 10.2. The Kier molecular flexibility index (Phi) is 4.79. The summed E-state index contributed by atoms with van der Waals surface area (Å²) in [6.45, 7) is 0. The quantitative estimate of drug-likeness (QED) is 0.353. The van der Waals surface area contributed by atoms with Crippen LogP contribution in [-0.2, 0) is 5.75 Å². The molecule has 0 aliphatic carbocycles. The number of rotatable bonds is 5. The van der Waals surface area contributed by atoms with Crippen LogP contribution in [-0.4, -0.2) is 24.1 Å². The molecule has 0 radical (unpaired) electrons. The van der Waals surface area contributed by atoms with Gasteiger partial charge >= 0.3 is 0 Å². The highest BCUT2D eigenvalue weighted by Crippen LogP contribution is 2.30. The van der Waals surface area contributed by atoms with Crippen molar-refractivity contribution in [3.63, 3.8) is 0 Å². The average Bonchev–Trinajstić information content (AvgIpc) is 3.37. The molecule has 0 fully saturated rings. The van der Waals surface area contributed by atoms with E-state index < -0.39 is 0 Å². The Labute approximate surface area is 177 Å². The van der Waals surface area contributed by atoms with Crippen molar-refractivity contribution in [1.29, 1.82) is 0 Å². The van der Waals surface area contributed by atoms with Gasteiger partial charge in [0.25, 0.3) is 0 Å². The topological polar surface area (TPSA) is 48.0 Å². The molecule has 5 nitrogen and oxygen atoms in total.